The summed E-state index contributed by atoms with van der Waals surface area (Å²) in [6, 6.07) is 60.3. The predicted octanol–water partition coefficient (Wildman–Crippen LogP) is 12.2. The minimum Gasteiger partial charge on any atom is -0.260 e. The van der Waals surface area contributed by atoms with Crippen molar-refractivity contribution in [2.75, 3.05) is 0 Å². The van der Waals surface area contributed by atoms with Gasteiger partial charge in [0, 0.05) is 5.41 Å². The van der Waals surface area contributed by atoms with Gasteiger partial charge in [-0.15, -0.1) is 0 Å². The van der Waals surface area contributed by atoms with Crippen LogP contribution in [0, 0.1) is 0 Å². The van der Waals surface area contributed by atoms with Gasteiger partial charge < -0.3 is 0 Å². The van der Waals surface area contributed by atoms with Gasteiger partial charge in [-0.05, 0) is 126 Å². The smallest absolute Gasteiger partial charge is 0.260 e. The Hall–Kier alpha value is -6.71. The number of nitrogens with zero attached hydrogens (tertiary/aromatic N) is 2. The van der Waals surface area contributed by atoms with Crippen molar-refractivity contribution < 1.29 is 0 Å². The molecule has 2 aliphatic rings. The highest BCUT2D eigenvalue weighted by molar-refractivity contribution is 6.18. The fourth-order valence-electron chi connectivity index (χ4n) is 9.21. The molecule has 1 heterocycles. The van der Waals surface area contributed by atoms with Gasteiger partial charge >= 0.3 is 5.69 Å². The summed E-state index contributed by atoms with van der Waals surface area (Å²) in [5.41, 5.74) is 18.5. The molecule has 0 fully saturated rings. The summed E-state index contributed by atoms with van der Waals surface area (Å²) < 4.78 is 3.63. The minimum atomic E-state index is -0.154. The zero-order valence-electron chi connectivity index (χ0n) is 29.5. The van der Waals surface area contributed by atoms with Gasteiger partial charge in [0.05, 0.1) is 22.4 Å². The summed E-state index contributed by atoms with van der Waals surface area (Å²) in [5, 5.41) is 2.66. The molecule has 0 saturated heterocycles. The van der Waals surface area contributed by atoms with Crippen molar-refractivity contribution in [2.24, 2.45) is 0 Å². The number of imidazole rings is 1. The summed E-state index contributed by atoms with van der Waals surface area (Å²) in [5.74, 6) is 0. The van der Waals surface area contributed by atoms with Crippen LogP contribution in [0.1, 0.15) is 25.0 Å². The Morgan fingerprint density at radius 1 is 0.396 bits per heavy atom. The van der Waals surface area contributed by atoms with Crippen LogP contribution in [0.15, 0.2) is 175 Å². The number of rotatable bonds is 4. The van der Waals surface area contributed by atoms with E-state index < -0.39 is 0 Å². The lowest BCUT2D eigenvalue weighted by molar-refractivity contribution is 0.660. The van der Waals surface area contributed by atoms with Gasteiger partial charge in [-0.3, -0.25) is 9.13 Å². The largest absolute Gasteiger partial charge is 0.338 e. The molecular formula is C50H34N2O. The molecule has 0 amide bonds. The van der Waals surface area contributed by atoms with Crippen LogP contribution in [0.25, 0.3) is 88.8 Å². The molecule has 9 aromatic rings. The maximum absolute atomic E-state index is 14.1. The van der Waals surface area contributed by atoms with E-state index in [9.17, 15) is 4.79 Å². The zero-order chi connectivity index (χ0) is 35.4. The van der Waals surface area contributed by atoms with Crippen molar-refractivity contribution in [3.8, 4) is 67.0 Å². The van der Waals surface area contributed by atoms with Crippen LogP contribution in [0.4, 0.5) is 0 Å². The normalized spacial score (nSPS) is 13.3. The number of hydrogen-bond acceptors (Lipinski definition) is 1. The third-order valence-corrected chi connectivity index (χ3v) is 11.7. The molecule has 1 aromatic heterocycles. The molecule has 3 nitrogen and oxygen atoms in total. The zero-order valence-corrected chi connectivity index (χ0v) is 29.5. The van der Waals surface area contributed by atoms with Crippen LogP contribution in [-0.2, 0) is 5.41 Å². The molecule has 0 unspecified atom stereocenters. The number of fused-ring (bicyclic) bond motifs is 7. The molecule has 8 aromatic carbocycles. The summed E-state index contributed by atoms with van der Waals surface area (Å²) in [4.78, 5) is 14.1. The topological polar surface area (TPSA) is 26.9 Å². The molecule has 0 bridgehead atoms. The van der Waals surface area contributed by atoms with Gasteiger partial charge in [-0.2, -0.15) is 0 Å². The van der Waals surface area contributed by atoms with E-state index in [2.05, 4.69) is 123 Å². The fraction of sp³-hybridized carbons (Fsp3) is 0.0600. The average molecular weight is 679 g/mol. The van der Waals surface area contributed by atoms with E-state index in [0.29, 0.717) is 0 Å². The maximum Gasteiger partial charge on any atom is 0.338 e. The molecular weight excluding hydrogens is 645 g/mol. The summed E-state index contributed by atoms with van der Waals surface area (Å²) in [6.07, 6.45) is 0. The molecule has 0 N–H and O–H groups in total. The van der Waals surface area contributed by atoms with E-state index in [1.165, 1.54) is 66.4 Å². The molecule has 2 aliphatic carbocycles. The van der Waals surface area contributed by atoms with Crippen LogP contribution >= 0.6 is 0 Å². The van der Waals surface area contributed by atoms with Gasteiger partial charge in [0.2, 0.25) is 0 Å². The highest BCUT2D eigenvalue weighted by atomic mass is 16.1. The highest BCUT2D eigenvalue weighted by Crippen LogP contribution is 2.53. The first-order valence-corrected chi connectivity index (χ1v) is 18.3. The van der Waals surface area contributed by atoms with Crippen LogP contribution in [0.2, 0.25) is 0 Å². The first-order valence-electron chi connectivity index (χ1n) is 18.3. The maximum atomic E-state index is 14.1. The first kappa shape index (κ1) is 30.0. The van der Waals surface area contributed by atoms with Crippen LogP contribution in [0.3, 0.4) is 0 Å². The second-order valence-electron chi connectivity index (χ2n) is 14.9. The van der Waals surface area contributed by atoms with E-state index in [1.54, 1.807) is 4.57 Å². The Morgan fingerprint density at radius 2 is 0.981 bits per heavy atom. The van der Waals surface area contributed by atoms with Gasteiger partial charge in [0.25, 0.3) is 0 Å². The molecule has 0 saturated carbocycles. The quantitative estimate of drug-likeness (QED) is 0.182. The lowest BCUT2D eigenvalue weighted by Gasteiger charge is -2.22. The second-order valence-corrected chi connectivity index (χ2v) is 14.9. The predicted molar refractivity (Wildman–Crippen MR) is 219 cm³/mol. The standard InChI is InChI=1S/C50H34N2O/c1-50(2)44-27-23-32(31-12-10-15-35(28-31)52-47-21-9-8-20-46(47)51(49(52)53)34-13-4-3-5-14-34)29-43(44)39-24-22-33(30-45(39)50)36-25-26-42-38-17-7-6-16-37(38)41-19-11-18-40(36)48(41)42/h3-30H,1-2H3. The molecule has 250 valence electrons. The molecule has 53 heavy (non-hydrogen) atoms. The molecule has 0 aliphatic heterocycles. The number of benzene rings is 8. The lowest BCUT2D eigenvalue weighted by atomic mass is 9.81. The van der Waals surface area contributed by atoms with Crippen molar-refractivity contribution in [3.05, 3.63) is 191 Å². The third-order valence-electron chi connectivity index (χ3n) is 11.7. The monoisotopic (exact) mass is 678 g/mol. The fourth-order valence-corrected chi connectivity index (χ4v) is 9.21. The Kier molecular flexibility index (Phi) is 6.16. The highest BCUT2D eigenvalue weighted by Gasteiger charge is 2.36. The SMILES string of the molecule is CC1(C)c2ccc(-c3cccc(-n4c(=O)n(-c5ccccc5)c5ccccc54)c3)cc2-c2ccc(-c3ccc4c5c(cccc35)-c3ccccc3-4)cc21. The van der Waals surface area contributed by atoms with Crippen LogP contribution in [0.5, 0.6) is 0 Å². The van der Waals surface area contributed by atoms with E-state index in [1.807, 2.05) is 65.2 Å². The van der Waals surface area contributed by atoms with Crippen LogP contribution < -0.4 is 5.69 Å². The van der Waals surface area contributed by atoms with Gasteiger partial charge in [-0.25, -0.2) is 4.79 Å². The summed E-state index contributed by atoms with van der Waals surface area (Å²) in [6.45, 7) is 4.70. The Bertz CT molecular complexity index is 3020. The van der Waals surface area contributed by atoms with Crippen molar-refractivity contribution in [2.45, 2.75) is 19.3 Å². The number of para-hydroxylation sites is 3. The van der Waals surface area contributed by atoms with Crippen LogP contribution in [-0.4, -0.2) is 9.13 Å². The molecule has 3 heteroatoms. The first-order chi connectivity index (χ1) is 26.0. The number of hydrogen-bond donors (Lipinski definition) is 0. The van der Waals surface area contributed by atoms with Gasteiger partial charge in [0.15, 0.2) is 0 Å². The third kappa shape index (κ3) is 4.19. The molecule has 0 atom stereocenters. The van der Waals surface area contributed by atoms with Crippen molar-refractivity contribution in [1.29, 1.82) is 0 Å². The average Bonchev–Trinajstić information content (AvgIpc) is 3.78. The van der Waals surface area contributed by atoms with Gasteiger partial charge in [0.1, 0.15) is 0 Å². The van der Waals surface area contributed by atoms with Crippen molar-refractivity contribution in [3.63, 3.8) is 0 Å². The molecule has 11 rings (SSSR count). The second kappa shape index (κ2) is 10.9. The Morgan fingerprint density at radius 3 is 1.77 bits per heavy atom. The minimum absolute atomic E-state index is 0.0835. The Balaban J connectivity index is 1.01. The van der Waals surface area contributed by atoms with E-state index in [-0.39, 0.29) is 11.1 Å². The van der Waals surface area contributed by atoms with Crippen molar-refractivity contribution in [1.82, 2.24) is 9.13 Å². The number of aromatic nitrogens is 2. The lowest BCUT2D eigenvalue weighted by Crippen LogP contribution is -2.22. The van der Waals surface area contributed by atoms with Gasteiger partial charge in [-0.1, -0.05) is 135 Å². The molecule has 0 radical (unpaired) electrons. The summed E-state index contributed by atoms with van der Waals surface area (Å²) >= 11 is 0. The summed E-state index contributed by atoms with van der Waals surface area (Å²) in [7, 11) is 0. The van der Waals surface area contributed by atoms with E-state index in [0.717, 1.165) is 33.5 Å². The van der Waals surface area contributed by atoms with E-state index >= 15 is 0 Å². The van der Waals surface area contributed by atoms with E-state index in [4.69, 9.17) is 0 Å². The van der Waals surface area contributed by atoms with Crippen molar-refractivity contribution >= 4 is 21.8 Å². The Labute approximate surface area is 307 Å². The molecule has 0 spiro atoms.